The number of hydrogen-bond acceptors (Lipinski definition) is 6. The molecule has 27 heavy (non-hydrogen) atoms. The Labute approximate surface area is 154 Å². The third-order valence-electron chi connectivity index (χ3n) is 4.57. The first-order valence-electron chi connectivity index (χ1n) is 8.48. The normalized spacial score (nSPS) is 11.3. The van der Waals surface area contributed by atoms with Crippen molar-refractivity contribution in [3.05, 3.63) is 60.9 Å². The molecular formula is C20H15N7. The van der Waals surface area contributed by atoms with Gasteiger partial charge in [-0.05, 0) is 30.5 Å². The highest BCUT2D eigenvalue weighted by molar-refractivity contribution is 6.04. The standard InChI is InChI=1S/C20H15N7/c1-11-8-15-12(4-2-5-13(15)19(21)27-11)16-14(6-3-7-22-16)17-18-20(25-9-23-17)26-10-24-18/h2-10H,1H3,(H2,21,27)(H,23,24,25,26). The fraction of sp³-hybridized carbons (Fsp3) is 0.0500. The second-order valence-electron chi connectivity index (χ2n) is 6.27. The highest BCUT2D eigenvalue weighted by Gasteiger charge is 2.17. The smallest absolute Gasteiger partial charge is 0.181 e. The molecule has 0 fully saturated rings. The van der Waals surface area contributed by atoms with Gasteiger partial charge in [-0.25, -0.2) is 19.9 Å². The summed E-state index contributed by atoms with van der Waals surface area (Å²) in [4.78, 5) is 25.1. The van der Waals surface area contributed by atoms with Gasteiger partial charge in [-0.15, -0.1) is 0 Å². The summed E-state index contributed by atoms with van der Waals surface area (Å²) in [7, 11) is 0. The number of fused-ring (bicyclic) bond motifs is 2. The van der Waals surface area contributed by atoms with E-state index in [1.165, 1.54) is 6.33 Å². The Morgan fingerprint density at radius 2 is 1.78 bits per heavy atom. The number of nitrogens with zero attached hydrogens (tertiary/aromatic N) is 5. The first-order valence-corrected chi connectivity index (χ1v) is 8.48. The molecule has 0 aliphatic rings. The number of aromatic amines is 1. The zero-order valence-corrected chi connectivity index (χ0v) is 14.5. The number of aromatic nitrogens is 6. The molecule has 5 rings (SSSR count). The second kappa shape index (κ2) is 5.84. The highest BCUT2D eigenvalue weighted by atomic mass is 15.0. The van der Waals surface area contributed by atoms with E-state index < -0.39 is 0 Å². The zero-order chi connectivity index (χ0) is 18.4. The summed E-state index contributed by atoms with van der Waals surface area (Å²) in [5.41, 5.74) is 11.9. The van der Waals surface area contributed by atoms with E-state index in [1.807, 2.05) is 43.3 Å². The molecule has 0 aliphatic carbocycles. The van der Waals surface area contributed by atoms with Gasteiger partial charge in [-0.3, -0.25) is 4.98 Å². The molecule has 0 saturated carbocycles. The van der Waals surface area contributed by atoms with Crippen LogP contribution in [0.25, 0.3) is 44.5 Å². The van der Waals surface area contributed by atoms with Gasteiger partial charge in [0.05, 0.1) is 12.0 Å². The maximum Gasteiger partial charge on any atom is 0.181 e. The lowest BCUT2D eigenvalue weighted by molar-refractivity contribution is 1.20. The number of nitrogens with one attached hydrogen (secondary N) is 1. The van der Waals surface area contributed by atoms with Crippen LogP contribution in [0.5, 0.6) is 0 Å². The second-order valence-corrected chi connectivity index (χ2v) is 6.27. The lowest BCUT2D eigenvalue weighted by Gasteiger charge is -2.12. The Morgan fingerprint density at radius 3 is 2.70 bits per heavy atom. The molecule has 5 aromatic rings. The third-order valence-corrected chi connectivity index (χ3v) is 4.57. The predicted molar refractivity (Wildman–Crippen MR) is 105 cm³/mol. The van der Waals surface area contributed by atoms with Gasteiger partial charge >= 0.3 is 0 Å². The van der Waals surface area contributed by atoms with Crippen molar-refractivity contribution in [1.29, 1.82) is 0 Å². The summed E-state index contributed by atoms with van der Waals surface area (Å²) in [6.07, 6.45) is 4.91. The molecule has 0 atom stereocenters. The van der Waals surface area contributed by atoms with E-state index >= 15 is 0 Å². The quantitative estimate of drug-likeness (QED) is 0.503. The number of hydrogen-bond donors (Lipinski definition) is 2. The fourth-order valence-electron chi connectivity index (χ4n) is 3.42. The maximum absolute atomic E-state index is 6.15. The van der Waals surface area contributed by atoms with Gasteiger partial charge in [0.15, 0.2) is 5.65 Å². The average Bonchev–Trinajstić information content (AvgIpc) is 3.16. The Morgan fingerprint density at radius 1 is 0.889 bits per heavy atom. The van der Waals surface area contributed by atoms with Gasteiger partial charge in [0.2, 0.25) is 0 Å². The SMILES string of the molecule is Cc1cc2c(-c3ncccc3-c3ncnc4nc[nH]c34)cccc2c(N)n1. The van der Waals surface area contributed by atoms with Gasteiger partial charge in [0, 0.05) is 28.4 Å². The van der Waals surface area contributed by atoms with Crippen LogP contribution in [-0.2, 0) is 0 Å². The Hall–Kier alpha value is -3.87. The molecule has 0 spiro atoms. The van der Waals surface area contributed by atoms with Gasteiger partial charge in [-0.2, -0.15) is 0 Å². The van der Waals surface area contributed by atoms with E-state index in [2.05, 4.69) is 29.9 Å². The first kappa shape index (κ1) is 15.4. The summed E-state index contributed by atoms with van der Waals surface area (Å²) in [6.45, 7) is 1.93. The molecule has 3 N–H and O–H groups in total. The fourth-order valence-corrected chi connectivity index (χ4v) is 3.42. The lowest BCUT2D eigenvalue weighted by Crippen LogP contribution is -1.97. The van der Waals surface area contributed by atoms with E-state index in [-0.39, 0.29) is 0 Å². The molecule has 7 heteroatoms. The number of anilines is 1. The molecule has 0 bridgehead atoms. The molecule has 0 unspecified atom stereocenters. The maximum atomic E-state index is 6.15. The van der Waals surface area contributed by atoms with Gasteiger partial charge in [0.1, 0.15) is 23.4 Å². The van der Waals surface area contributed by atoms with Crippen LogP contribution >= 0.6 is 0 Å². The number of pyridine rings is 2. The van der Waals surface area contributed by atoms with Crippen molar-refractivity contribution >= 4 is 27.8 Å². The van der Waals surface area contributed by atoms with Crippen LogP contribution in [0.3, 0.4) is 0 Å². The van der Waals surface area contributed by atoms with Crippen molar-refractivity contribution in [3.8, 4) is 22.5 Å². The van der Waals surface area contributed by atoms with Crippen molar-refractivity contribution in [2.45, 2.75) is 6.92 Å². The molecule has 0 amide bonds. The highest BCUT2D eigenvalue weighted by Crippen LogP contribution is 2.36. The van der Waals surface area contributed by atoms with E-state index in [9.17, 15) is 0 Å². The van der Waals surface area contributed by atoms with Gasteiger partial charge in [-0.1, -0.05) is 18.2 Å². The summed E-state index contributed by atoms with van der Waals surface area (Å²) in [6, 6.07) is 11.9. The van der Waals surface area contributed by atoms with E-state index in [0.717, 1.165) is 44.5 Å². The molecule has 1 aromatic carbocycles. The Kier molecular flexibility index (Phi) is 3.33. The van der Waals surface area contributed by atoms with Crippen molar-refractivity contribution in [2.24, 2.45) is 0 Å². The van der Waals surface area contributed by atoms with E-state index in [4.69, 9.17) is 5.73 Å². The van der Waals surface area contributed by atoms with Gasteiger partial charge in [0.25, 0.3) is 0 Å². The van der Waals surface area contributed by atoms with Crippen molar-refractivity contribution in [3.63, 3.8) is 0 Å². The van der Waals surface area contributed by atoms with Crippen molar-refractivity contribution in [1.82, 2.24) is 29.9 Å². The number of imidazole rings is 1. The van der Waals surface area contributed by atoms with Crippen LogP contribution < -0.4 is 5.73 Å². The summed E-state index contributed by atoms with van der Waals surface area (Å²) in [5.74, 6) is 0.516. The molecular weight excluding hydrogens is 338 g/mol. The number of H-pyrrole nitrogens is 1. The molecule has 4 heterocycles. The first-order chi connectivity index (χ1) is 13.2. The molecule has 7 nitrogen and oxygen atoms in total. The van der Waals surface area contributed by atoms with Crippen LogP contribution in [-0.4, -0.2) is 29.9 Å². The average molecular weight is 353 g/mol. The summed E-state index contributed by atoms with van der Waals surface area (Å²) in [5, 5.41) is 1.92. The third kappa shape index (κ3) is 2.40. The minimum absolute atomic E-state index is 0.516. The predicted octanol–water partition coefficient (Wildman–Crippen LogP) is 3.52. The van der Waals surface area contributed by atoms with Gasteiger partial charge < -0.3 is 10.7 Å². The number of benzene rings is 1. The molecule has 0 aliphatic heterocycles. The number of aryl methyl sites for hydroxylation is 1. The zero-order valence-electron chi connectivity index (χ0n) is 14.5. The Bertz CT molecular complexity index is 1310. The minimum Gasteiger partial charge on any atom is -0.383 e. The molecule has 130 valence electrons. The van der Waals surface area contributed by atoms with E-state index in [0.29, 0.717) is 11.5 Å². The minimum atomic E-state index is 0.516. The van der Waals surface area contributed by atoms with Crippen molar-refractivity contribution < 1.29 is 0 Å². The number of nitrogen functional groups attached to an aromatic ring is 1. The van der Waals surface area contributed by atoms with Crippen LogP contribution in [0.15, 0.2) is 55.2 Å². The van der Waals surface area contributed by atoms with Crippen LogP contribution in [0.1, 0.15) is 5.69 Å². The molecule has 0 radical (unpaired) electrons. The van der Waals surface area contributed by atoms with Crippen LogP contribution in [0.4, 0.5) is 5.82 Å². The Balaban J connectivity index is 1.85. The van der Waals surface area contributed by atoms with Crippen molar-refractivity contribution in [2.75, 3.05) is 5.73 Å². The monoisotopic (exact) mass is 353 g/mol. The molecule has 4 aromatic heterocycles. The number of rotatable bonds is 2. The number of nitrogens with two attached hydrogens (primary N) is 1. The van der Waals surface area contributed by atoms with Crippen LogP contribution in [0.2, 0.25) is 0 Å². The largest absolute Gasteiger partial charge is 0.383 e. The lowest BCUT2D eigenvalue weighted by atomic mass is 9.97. The summed E-state index contributed by atoms with van der Waals surface area (Å²) < 4.78 is 0. The van der Waals surface area contributed by atoms with E-state index in [1.54, 1.807) is 12.5 Å². The van der Waals surface area contributed by atoms with Crippen LogP contribution in [0, 0.1) is 6.92 Å². The molecule has 0 saturated heterocycles. The topological polar surface area (TPSA) is 106 Å². The summed E-state index contributed by atoms with van der Waals surface area (Å²) >= 11 is 0.